The third-order valence-electron chi connectivity index (χ3n) is 4.71. The molecule has 30 heavy (non-hydrogen) atoms. The number of anilines is 2. The lowest BCUT2D eigenvalue weighted by atomic mass is 10.2. The van der Waals surface area contributed by atoms with E-state index in [0.29, 0.717) is 32.1 Å². The standard InChI is InChI=1S/C21H28N6O3/c1-3-22-18-13-16(2)24-20(25-18)27-11-9-26(10-12-27)19(28)14-23-21(29)30-15-17-7-5-4-6-8-17/h4-8,13H,3,9-12,14-15H2,1-2H3,(H,23,29)(H,22,24,25). The van der Waals surface area contributed by atoms with Crippen molar-refractivity contribution < 1.29 is 14.3 Å². The van der Waals surface area contributed by atoms with Gasteiger partial charge in [-0.1, -0.05) is 30.3 Å². The maximum atomic E-state index is 12.4. The highest BCUT2D eigenvalue weighted by atomic mass is 16.5. The number of ether oxygens (including phenoxy) is 1. The Bertz CT molecular complexity index is 853. The van der Waals surface area contributed by atoms with Crippen LogP contribution in [-0.4, -0.2) is 66.1 Å². The van der Waals surface area contributed by atoms with Gasteiger partial charge in [0.25, 0.3) is 0 Å². The normalized spacial score (nSPS) is 13.7. The van der Waals surface area contributed by atoms with E-state index in [1.165, 1.54) is 0 Å². The maximum absolute atomic E-state index is 12.4. The van der Waals surface area contributed by atoms with Crippen molar-refractivity contribution in [3.05, 3.63) is 47.7 Å². The molecule has 9 heteroatoms. The molecule has 2 N–H and O–H groups in total. The summed E-state index contributed by atoms with van der Waals surface area (Å²) < 4.78 is 5.13. The molecule has 1 aromatic heterocycles. The molecule has 1 saturated heterocycles. The number of hydrogen-bond donors (Lipinski definition) is 2. The number of carbonyl (C=O) groups excluding carboxylic acids is 2. The number of hydrogen-bond acceptors (Lipinski definition) is 7. The second-order valence-corrected chi connectivity index (χ2v) is 7.01. The molecule has 0 aliphatic carbocycles. The van der Waals surface area contributed by atoms with Crippen molar-refractivity contribution in [2.24, 2.45) is 0 Å². The van der Waals surface area contributed by atoms with Crippen LogP contribution in [0.15, 0.2) is 36.4 Å². The van der Waals surface area contributed by atoms with Crippen molar-refractivity contribution in [3.8, 4) is 0 Å². The zero-order chi connectivity index (χ0) is 21.3. The molecule has 3 rings (SSSR count). The number of benzene rings is 1. The van der Waals surface area contributed by atoms with Crippen LogP contribution in [-0.2, 0) is 16.1 Å². The number of nitrogens with zero attached hydrogens (tertiary/aromatic N) is 4. The van der Waals surface area contributed by atoms with Crippen molar-refractivity contribution in [1.29, 1.82) is 0 Å². The summed E-state index contributed by atoms with van der Waals surface area (Å²) >= 11 is 0. The Morgan fingerprint density at radius 2 is 1.83 bits per heavy atom. The Morgan fingerprint density at radius 3 is 2.53 bits per heavy atom. The van der Waals surface area contributed by atoms with E-state index < -0.39 is 6.09 Å². The zero-order valence-corrected chi connectivity index (χ0v) is 17.4. The fraction of sp³-hybridized carbons (Fsp3) is 0.429. The van der Waals surface area contributed by atoms with Gasteiger partial charge in [-0.25, -0.2) is 9.78 Å². The molecule has 1 aromatic carbocycles. The number of carbonyl (C=O) groups is 2. The molecule has 1 aliphatic heterocycles. The summed E-state index contributed by atoms with van der Waals surface area (Å²) in [6.07, 6.45) is -0.602. The molecule has 160 valence electrons. The second-order valence-electron chi connectivity index (χ2n) is 7.01. The molecule has 2 aromatic rings. The fourth-order valence-electron chi connectivity index (χ4n) is 3.16. The minimum absolute atomic E-state index is 0.0842. The van der Waals surface area contributed by atoms with Crippen molar-refractivity contribution in [3.63, 3.8) is 0 Å². The van der Waals surface area contributed by atoms with Gasteiger partial charge in [-0.15, -0.1) is 0 Å². The van der Waals surface area contributed by atoms with Crippen LogP contribution in [0.4, 0.5) is 16.6 Å². The Kier molecular flexibility index (Phi) is 7.42. The highest BCUT2D eigenvalue weighted by molar-refractivity contribution is 5.82. The van der Waals surface area contributed by atoms with Crippen LogP contribution in [0.1, 0.15) is 18.2 Å². The summed E-state index contributed by atoms with van der Waals surface area (Å²) in [5.41, 5.74) is 1.79. The molecule has 0 unspecified atom stereocenters. The van der Waals surface area contributed by atoms with E-state index in [4.69, 9.17) is 4.74 Å². The zero-order valence-electron chi connectivity index (χ0n) is 17.4. The Labute approximate surface area is 176 Å². The highest BCUT2D eigenvalue weighted by Gasteiger charge is 2.23. The first-order chi connectivity index (χ1) is 14.5. The number of aromatic nitrogens is 2. The largest absolute Gasteiger partial charge is 0.445 e. The minimum atomic E-state index is -0.602. The molecule has 0 saturated carbocycles. The first-order valence-electron chi connectivity index (χ1n) is 10.1. The lowest BCUT2D eigenvalue weighted by Gasteiger charge is -2.35. The summed E-state index contributed by atoms with van der Waals surface area (Å²) in [5, 5.41) is 5.73. The van der Waals surface area contributed by atoms with Gasteiger partial charge < -0.3 is 25.2 Å². The van der Waals surface area contributed by atoms with Crippen LogP contribution in [0.5, 0.6) is 0 Å². The SMILES string of the molecule is CCNc1cc(C)nc(N2CCN(C(=O)CNC(=O)OCc3ccccc3)CC2)n1. The van der Waals surface area contributed by atoms with Gasteiger partial charge in [0.05, 0.1) is 0 Å². The predicted molar refractivity (Wildman–Crippen MR) is 114 cm³/mol. The lowest BCUT2D eigenvalue weighted by Crippen LogP contribution is -2.51. The molecule has 9 nitrogen and oxygen atoms in total. The Balaban J connectivity index is 1.42. The molecule has 1 fully saturated rings. The summed E-state index contributed by atoms with van der Waals surface area (Å²) in [5.74, 6) is 1.34. The van der Waals surface area contributed by atoms with Crippen LogP contribution < -0.4 is 15.5 Å². The van der Waals surface area contributed by atoms with Gasteiger partial charge in [0.15, 0.2) is 0 Å². The summed E-state index contributed by atoms with van der Waals surface area (Å²) in [6, 6.07) is 11.3. The lowest BCUT2D eigenvalue weighted by molar-refractivity contribution is -0.130. The van der Waals surface area contributed by atoms with Crippen LogP contribution >= 0.6 is 0 Å². The van der Waals surface area contributed by atoms with E-state index in [0.717, 1.165) is 23.6 Å². The average Bonchev–Trinajstić information content (AvgIpc) is 2.76. The van der Waals surface area contributed by atoms with Gasteiger partial charge >= 0.3 is 6.09 Å². The molecule has 0 spiro atoms. The summed E-state index contributed by atoms with van der Waals surface area (Å²) in [7, 11) is 0. The third-order valence-corrected chi connectivity index (χ3v) is 4.71. The predicted octanol–water partition coefficient (Wildman–Crippen LogP) is 1.79. The molecule has 2 heterocycles. The number of rotatable bonds is 7. The average molecular weight is 412 g/mol. The van der Waals surface area contributed by atoms with Gasteiger partial charge in [0.2, 0.25) is 11.9 Å². The minimum Gasteiger partial charge on any atom is -0.445 e. The van der Waals surface area contributed by atoms with Gasteiger partial charge in [-0.3, -0.25) is 4.79 Å². The molecular formula is C21H28N6O3. The van der Waals surface area contributed by atoms with Crippen LogP contribution in [0.3, 0.4) is 0 Å². The first kappa shape index (κ1) is 21.4. The third kappa shape index (κ3) is 6.07. The van der Waals surface area contributed by atoms with Crippen molar-refractivity contribution in [2.75, 3.05) is 49.5 Å². The smallest absolute Gasteiger partial charge is 0.407 e. The number of alkyl carbamates (subject to hydrolysis) is 1. The molecule has 0 radical (unpaired) electrons. The van der Waals surface area contributed by atoms with Crippen molar-refractivity contribution in [2.45, 2.75) is 20.5 Å². The fourth-order valence-corrected chi connectivity index (χ4v) is 3.16. The monoisotopic (exact) mass is 412 g/mol. The van der Waals surface area contributed by atoms with E-state index in [2.05, 4.69) is 25.5 Å². The van der Waals surface area contributed by atoms with E-state index in [9.17, 15) is 9.59 Å². The number of amides is 2. The molecule has 0 atom stereocenters. The van der Waals surface area contributed by atoms with E-state index in [1.807, 2.05) is 50.2 Å². The van der Waals surface area contributed by atoms with Gasteiger partial charge in [0, 0.05) is 44.5 Å². The quantitative estimate of drug-likeness (QED) is 0.715. The summed E-state index contributed by atoms with van der Waals surface area (Å²) in [4.78, 5) is 37.1. The van der Waals surface area contributed by atoms with Crippen molar-refractivity contribution >= 4 is 23.8 Å². The van der Waals surface area contributed by atoms with Crippen molar-refractivity contribution in [1.82, 2.24) is 20.2 Å². The summed E-state index contributed by atoms with van der Waals surface area (Å²) in [6.45, 7) is 7.21. The van der Waals surface area contributed by atoms with Crippen LogP contribution in [0.25, 0.3) is 0 Å². The van der Waals surface area contributed by atoms with Crippen LogP contribution in [0, 0.1) is 6.92 Å². The molecule has 2 amide bonds. The second kappa shape index (κ2) is 10.4. The maximum Gasteiger partial charge on any atom is 0.407 e. The molecule has 0 bridgehead atoms. The highest BCUT2D eigenvalue weighted by Crippen LogP contribution is 2.15. The van der Waals surface area contributed by atoms with Gasteiger partial charge in [0.1, 0.15) is 19.0 Å². The van der Waals surface area contributed by atoms with Gasteiger partial charge in [-0.2, -0.15) is 4.98 Å². The van der Waals surface area contributed by atoms with Crippen LogP contribution in [0.2, 0.25) is 0 Å². The number of aryl methyl sites for hydroxylation is 1. The van der Waals surface area contributed by atoms with E-state index in [1.54, 1.807) is 4.90 Å². The number of piperazine rings is 1. The van der Waals surface area contributed by atoms with E-state index >= 15 is 0 Å². The topological polar surface area (TPSA) is 99.7 Å². The van der Waals surface area contributed by atoms with E-state index in [-0.39, 0.29) is 19.1 Å². The molecule has 1 aliphatic rings. The van der Waals surface area contributed by atoms with Gasteiger partial charge in [-0.05, 0) is 19.4 Å². The Morgan fingerprint density at radius 1 is 1.10 bits per heavy atom. The first-order valence-corrected chi connectivity index (χ1v) is 10.1. The number of nitrogens with one attached hydrogen (secondary N) is 2. The molecular weight excluding hydrogens is 384 g/mol. The Hall–Kier alpha value is -3.36.